The summed E-state index contributed by atoms with van der Waals surface area (Å²) in [6.07, 6.45) is 3.38. The summed E-state index contributed by atoms with van der Waals surface area (Å²) in [7, 11) is 4.88. The SMILES string of the molecule is COc1cc(OC)c(CNCc2ccoc2)c(OC)c1. The van der Waals surface area contributed by atoms with Crippen LogP contribution in [-0.2, 0) is 13.1 Å². The summed E-state index contributed by atoms with van der Waals surface area (Å²) < 4.78 is 21.1. The van der Waals surface area contributed by atoms with Crippen LogP contribution >= 0.6 is 0 Å². The highest BCUT2D eigenvalue weighted by atomic mass is 16.5. The van der Waals surface area contributed by atoms with Gasteiger partial charge in [-0.25, -0.2) is 0 Å². The van der Waals surface area contributed by atoms with Gasteiger partial charge in [-0.2, -0.15) is 0 Å². The van der Waals surface area contributed by atoms with Crippen LogP contribution in [0, 0.1) is 0 Å². The summed E-state index contributed by atoms with van der Waals surface area (Å²) in [4.78, 5) is 0. The van der Waals surface area contributed by atoms with E-state index in [1.165, 1.54) is 0 Å². The van der Waals surface area contributed by atoms with Crippen LogP contribution in [0.5, 0.6) is 17.2 Å². The maximum absolute atomic E-state index is 5.40. The minimum absolute atomic E-state index is 0.627. The number of nitrogens with one attached hydrogen (secondary N) is 1. The Labute approximate surface area is 118 Å². The topological polar surface area (TPSA) is 52.9 Å². The van der Waals surface area contributed by atoms with Crippen molar-refractivity contribution >= 4 is 0 Å². The first-order valence-electron chi connectivity index (χ1n) is 6.29. The number of benzene rings is 1. The van der Waals surface area contributed by atoms with Crippen LogP contribution in [0.15, 0.2) is 35.1 Å². The van der Waals surface area contributed by atoms with Crippen molar-refractivity contribution in [3.63, 3.8) is 0 Å². The van der Waals surface area contributed by atoms with E-state index in [1.54, 1.807) is 33.9 Å². The molecule has 0 aliphatic heterocycles. The monoisotopic (exact) mass is 277 g/mol. The maximum atomic E-state index is 5.40. The lowest BCUT2D eigenvalue weighted by Crippen LogP contribution is -2.14. The molecule has 0 radical (unpaired) electrons. The molecule has 0 aliphatic rings. The summed E-state index contributed by atoms with van der Waals surface area (Å²) in [6.45, 7) is 1.34. The molecular weight excluding hydrogens is 258 g/mol. The van der Waals surface area contributed by atoms with Gasteiger partial charge in [-0.15, -0.1) is 0 Å². The molecule has 5 heteroatoms. The Morgan fingerprint density at radius 1 is 1.00 bits per heavy atom. The van der Waals surface area contributed by atoms with Crippen LogP contribution in [-0.4, -0.2) is 21.3 Å². The largest absolute Gasteiger partial charge is 0.496 e. The van der Waals surface area contributed by atoms with Crippen molar-refractivity contribution < 1.29 is 18.6 Å². The zero-order valence-electron chi connectivity index (χ0n) is 11.9. The van der Waals surface area contributed by atoms with E-state index in [4.69, 9.17) is 18.6 Å². The number of ether oxygens (including phenoxy) is 3. The maximum Gasteiger partial charge on any atom is 0.130 e. The summed E-state index contributed by atoms with van der Waals surface area (Å²) >= 11 is 0. The number of furan rings is 1. The van der Waals surface area contributed by atoms with E-state index in [0.29, 0.717) is 12.3 Å². The van der Waals surface area contributed by atoms with Gasteiger partial charge in [0.05, 0.1) is 39.4 Å². The van der Waals surface area contributed by atoms with Gasteiger partial charge in [0.2, 0.25) is 0 Å². The molecule has 2 rings (SSSR count). The van der Waals surface area contributed by atoms with Gasteiger partial charge in [0, 0.05) is 30.8 Å². The van der Waals surface area contributed by atoms with Gasteiger partial charge in [0.1, 0.15) is 17.2 Å². The van der Waals surface area contributed by atoms with E-state index in [-0.39, 0.29) is 0 Å². The fraction of sp³-hybridized carbons (Fsp3) is 0.333. The number of methoxy groups -OCH3 is 3. The predicted octanol–water partition coefficient (Wildman–Crippen LogP) is 2.60. The molecular formula is C15H19NO4. The molecule has 1 heterocycles. The molecule has 0 amide bonds. The van der Waals surface area contributed by atoms with Crippen molar-refractivity contribution in [3.05, 3.63) is 41.9 Å². The average molecular weight is 277 g/mol. The van der Waals surface area contributed by atoms with Crippen LogP contribution in [0.3, 0.4) is 0 Å². The summed E-state index contributed by atoms with van der Waals surface area (Å²) in [5.41, 5.74) is 2.05. The third-order valence-corrected chi connectivity index (χ3v) is 3.03. The van der Waals surface area contributed by atoms with E-state index >= 15 is 0 Å². The lowest BCUT2D eigenvalue weighted by molar-refractivity contribution is 0.366. The van der Waals surface area contributed by atoms with Gasteiger partial charge in [0.25, 0.3) is 0 Å². The predicted molar refractivity (Wildman–Crippen MR) is 75.3 cm³/mol. The smallest absolute Gasteiger partial charge is 0.130 e. The Hall–Kier alpha value is -2.14. The minimum atomic E-state index is 0.627. The quantitative estimate of drug-likeness (QED) is 0.843. The Bertz CT molecular complexity index is 512. The standard InChI is InChI=1S/C15H19NO4/c1-17-12-6-14(18-2)13(15(7-12)19-3)9-16-8-11-4-5-20-10-11/h4-7,10,16H,8-9H2,1-3H3. The molecule has 0 saturated heterocycles. The molecule has 108 valence electrons. The second-order valence-electron chi connectivity index (χ2n) is 4.25. The third kappa shape index (κ3) is 3.24. The van der Waals surface area contributed by atoms with Crippen LogP contribution in [0.25, 0.3) is 0 Å². The van der Waals surface area contributed by atoms with Gasteiger partial charge in [0.15, 0.2) is 0 Å². The molecule has 0 aliphatic carbocycles. The van der Waals surface area contributed by atoms with Gasteiger partial charge in [-0.1, -0.05) is 0 Å². The zero-order chi connectivity index (χ0) is 14.4. The lowest BCUT2D eigenvalue weighted by atomic mass is 10.1. The zero-order valence-corrected chi connectivity index (χ0v) is 11.9. The molecule has 1 aromatic heterocycles. The molecule has 0 atom stereocenters. The summed E-state index contributed by atoms with van der Waals surface area (Å²) in [5, 5.41) is 3.33. The van der Waals surface area contributed by atoms with Crippen LogP contribution in [0.1, 0.15) is 11.1 Å². The third-order valence-electron chi connectivity index (χ3n) is 3.03. The van der Waals surface area contributed by atoms with E-state index in [1.807, 2.05) is 18.2 Å². The molecule has 1 aromatic carbocycles. The van der Waals surface area contributed by atoms with Crippen molar-refractivity contribution in [2.75, 3.05) is 21.3 Å². The molecule has 0 fully saturated rings. The normalized spacial score (nSPS) is 10.3. The van der Waals surface area contributed by atoms with Crippen LogP contribution < -0.4 is 19.5 Å². The highest BCUT2D eigenvalue weighted by molar-refractivity contribution is 5.50. The van der Waals surface area contributed by atoms with Crippen molar-refractivity contribution in [2.45, 2.75) is 13.1 Å². The Morgan fingerprint density at radius 3 is 2.20 bits per heavy atom. The summed E-state index contributed by atoms with van der Waals surface area (Å²) in [5.74, 6) is 2.18. The van der Waals surface area contributed by atoms with Gasteiger partial charge >= 0.3 is 0 Å². The van der Waals surface area contributed by atoms with E-state index in [9.17, 15) is 0 Å². The first kappa shape index (κ1) is 14.3. The molecule has 0 spiro atoms. The molecule has 1 N–H and O–H groups in total. The number of rotatable bonds is 7. The second kappa shape index (κ2) is 6.86. The van der Waals surface area contributed by atoms with Crippen molar-refractivity contribution in [3.8, 4) is 17.2 Å². The number of hydrogen-bond donors (Lipinski definition) is 1. The molecule has 0 bridgehead atoms. The molecule has 2 aromatic rings. The summed E-state index contributed by atoms with van der Waals surface area (Å²) in [6, 6.07) is 5.62. The average Bonchev–Trinajstić information content (AvgIpc) is 3.00. The molecule has 20 heavy (non-hydrogen) atoms. The van der Waals surface area contributed by atoms with Crippen LogP contribution in [0.4, 0.5) is 0 Å². The van der Waals surface area contributed by atoms with Crippen molar-refractivity contribution in [1.29, 1.82) is 0 Å². The molecule has 5 nitrogen and oxygen atoms in total. The first-order chi connectivity index (χ1) is 9.78. The Morgan fingerprint density at radius 2 is 1.70 bits per heavy atom. The number of hydrogen-bond acceptors (Lipinski definition) is 5. The fourth-order valence-corrected chi connectivity index (χ4v) is 1.98. The van der Waals surface area contributed by atoms with Gasteiger partial charge in [-0.3, -0.25) is 0 Å². The fourth-order valence-electron chi connectivity index (χ4n) is 1.98. The highest BCUT2D eigenvalue weighted by Crippen LogP contribution is 2.33. The van der Waals surface area contributed by atoms with E-state index in [2.05, 4.69) is 5.32 Å². The Balaban J connectivity index is 2.12. The van der Waals surface area contributed by atoms with E-state index < -0.39 is 0 Å². The first-order valence-corrected chi connectivity index (χ1v) is 6.29. The van der Waals surface area contributed by atoms with Crippen molar-refractivity contribution in [1.82, 2.24) is 5.32 Å². The van der Waals surface area contributed by atoms with Gasteiger partial charge in [-0.05, 0) is 6.07 Å². The lowest BCUT2D eigenvalue weighted by Gasteiger charge is -2.15. The molecule has 0 unspecified atom stereocenters. The van der Waals surface area contributed by atoms with E-state index in [0.717, 1.165) is 29.2 Å². The second-order valence-corrected chi connectivity index (χ2v) is 4.25. The molecule has 0 saturated carbocycles. The Kier molecular flexibility index (Phi) is 4.90. The highest BCUT2D eigenvalue weighted by Gasteiger charge is 2.12. The van der Waals surface area contributed by atoms with Gasteiger partial charge < -0.3 is 23.9 Å². The van der Waals surface area contributed by atoms with Crippen LogP contribution in [0.2, 0.25) is 0 Å². The van der Waals surface area contributed by atoms with Crippen molar-refractivity contribution in [2.24, 2.45) is 0 Å². The minimum Gasteiger partial charge on any atom is -0.496 e.